The van der Waals surface area contributed by atoms with Crippen LogP contribution in [0.2, 0.25) is 0 Å². The standard InChI is InChI=1S/C24H32N2O3/c1-6-9-20(16-19(3)28-4)12-15-26-14-8-13-24(7-2,18-25)21-10-11-23(29-5)22(27)17-21/h1,9-11,16-17,26-27H,7-8,12-15H2,2-5H3/b19-16+,20-9-. The van der Waals surface area contributed by atoms with E-state index in [0.29, 0.717) is 18.6 Å². The van der Waals surface area contributed by atoms with Crippen LogP contribution in [0.4, 0.5) is 0 Å². The minimum absolute atomic E-state index is 0.0587. The van der Waals surface area contributed by atoms with Gasteiger partial charge in [0.2, 0.25) is 0 Å². The van der Waals surface area contributed by atoms with Gasteiger partial charge in [-0.3, -0.25) is 0 Å². The highest BCUT2D eigenvalue weighted by Crippen LogP contribution is 2.37. The number of hydrogen-bond donors (Lipinski definition) is 2. The van der Waals surface area contributed by atoms with Crippen molar-refractivity contribution in [2.24, 2.45) is 0 Å². The first-order valence-electron chi connectivity index (χ1n) is 9.83. The highest BCUT2D eigenvalue weighted by Gasteiger charge is 2.30. The zero-order chi connectivity index (χ0) is 21.7. The van der Waals surface area contributed by atoms with E-state index < -0.39 is 5.41 Å². The molecule has 29 heavy (non-hydrogen) atoms. The Balaban J connectivity index is 2.62. The molecule has 1 atom stereocenters. The van der Waals surface area contributed by atoms with Crippen molar-refractivity contribution in [1.29, 1.82) is 5.26 Å². The number of phenolic OH excluding ortho intramolecular Hbond substituents is 1. The highest BCUT2D eigenvalue weighted by atomic mass is 16.5. The lowest BCUT2D eigenvalue weighted by molar-refractivity contribution is 0.293. The maximum atomic E-state index is 10.1. The minimum Gasteiger partial charge on any atom is -0.504 e. The Kier molecular flexibility index (Phi) is 10.4. The number of hydrogen-bond acceptors (Lipinski definition) is 5. The van der Waals surface area contributed by atoms with Gasteiger partial charge in [0.25, 0.3) is 0 Å². The molecule has 0 radical (unpaired) electrons. The SMILES string of the molecule is C#C/C=C(\C=C(/C)OC)CCNCCCC(C#N)(CC)c1ccc(OC)c(O)c1. The van der Waals surface area contributed by atoms with E-state index in [1.54, 1.807) is 25.3 Å². The van der Waals surface area contributed by atoms with Crippen molar-refractivity contribution in [3.8, 4) is 29.9 Å². The van der Waals surface area contributed by atoms with E-state index in [1.165, 1.54) is 7.11 Å². The maximum absolute atomic E-state index is 10.1. The van der Waals surface area contributed by atoms with Gasteiger partial charge >= 0.3 is 0 Å². The molecule has 156 valence electrons. The van der Waals surface area contributed by atoms with E-state index in [-0.39, 0.29) is 5.75 Å². The molecule has 0 bridgehead atoms. The van der Waals surface area contributed by atoms with Crippen LogP contribution in [0.5, 0.6) is 11.5 Å². The molecule has 0 aliphatic rings. The molecule has 1 unspecified atom stereocenters. The average Bonchev–Trinajstić information content (AvgIpc) is 2.73. The lowest BCUT2D eigenvalue weighted by atomic mass is 9.75. The van der Waals surface area contributed by atoms with Crippen LogP contribution in [0.1, 0.15) is 45.1 Å². The number of phenols is 1. The van der Waals surface area contributed by atoms with Gasteiger partial charge < -0.3 is 19.9 Å². The second-order valence-electron chi connectivity index (χ2n) is 6.88. The summed E-state index contributed by atoms with van der Waals surface area (Å²) in [5.74, 6) is 3.84. The van der Waals surface area contributed by atoms with E-state index in [2.05, 4.69) is 17.3 Å². The summed E-state index contributed by atoms with van der Waals surface area (Å²) in [7, 11) is 3.14. The van der Waals surface area contributed by atoms with Crippen LogP contribution < -0.4 is 10.1 Å². The lowest BCUT2D eigenvalue weighted by Gasteiger charge is -2.26. The van der Waals surface area contributed by atoms with Gasteiger partial charge in [-0.15, -0.1) is 6.42 Å². The Labute approximate surface area is 175 Å². The zero-order valence-corrected chi connectivity index (χ0v) is 17.9. The van der Waals surface area contributed by atoms with Crippen LogP contribution in [0.3, 0.4) is 0 Å². The van der Waals surface area contributed by atoms with Crippen molar-refractivity contribution in [3.63, 3.8) is 0 Å². The molecule has 0 aromatic heterocycles. The van der Waals surface area contributed by atoms with E-state index in [1.807, 2.05) is 26.0 Å². The molecule has 1 aromatic carbocycles. The zero-order valence-electron chi connectivity index (χ0n) is 17.9. The number of rotatable bonds is 12. The monoisotopic (exact) mass is 396 g/mol. The molecule has 5 nitrogen and oxygen atoms in total. The highest BCUT2D eigenvalue weighted by molar-refractivity contribution is 5.46. The third kappa shape index (κ3) is 7.22. The van der Waals surface area contributed by atoms with Crippen molar-refractivity contribution in [1.82, 2.24) is 5.32 Å². The number of nitrogens with zero attached hydrogens (tertiary/aromatic N) is 1. The number of nitrogens with one attached hydrogen (secondary N) is 1. The molecule has 1 rings (SSSR count). The second-order valence-corrected chi connectivity index (χ2v) is 6.88. The van der Waals surface area contributed by atoms with Crippen molar-refractivity contribution in [2.45, 2.75) is 44.9 Å². The number of nitriles is 1. The first kappa shape index (κ1) is 24.1. The van der Waals surface area contributed by atoms with Gasteiger partial charge in [0.1, 0.15) is 0 Å². The first-order valence-corrected chi connectivity index (χ1v) is 9.83. The molecular formula is C24H32N2O3. The summed E-state index contributed by atoms with van der Waals surface area (Å²) >= 11 is 0. The molecule has 2 N–H and O–H groups in total. The Morgan fingerprint density at radius 1 is 1.34 bits per heavy atom. The van der Waals surface area contributed by atoms with E-state index >= 15 is 0 Å². The van der Waals surface area contributed by atoms with Crippen LogP contribution >= 0.6 is 0 Å². The summed E-state index contributed by atoms with van der Waals surface area (Å²) in [5.41, 5.74) is 1.23. The third-order valence-corrected chi connectivity index (χ3v) is 5.08. The van der Waals surface area contributed by atoms with Crippen LogP contribution in [0, 0.1) is 23.7 Å². The van der Waals surface area contributed by atoms with Crippen LogP contribution in [0.15, 0.2) is 41.7 Å². The van der Waals surface area contributed by atoms with Gasteiger partial charge in [-0.1, -0.05) is 18.9 Å². The Morgan fingerprint density at radius 2 is 2.10 bits per heavy atom. The molecule has 1 aromatic rings. The quantitative estimate of drug-likeness (QED) is 0.236. The van der Waals surface area contributed by atoms with Gasteiger partial charge in [0.05, 0.1) is 31.5 Å². The van der Waals surface area contributed by atoms with E-state index in [4.69, 9.17) is 15.9 Å². The fraction of sp³-hybridized carbons (Fsp3) is 0.458. The topological polar surface area (TPSA) is 74.5 Å². The fourth-order valence-corrected chi connectivity index (χ4v) is 3.20. The largest absolute Gasteiger partial charge is 0.504 e. The molecule has 5 heteroatoms. The molecule has 0 aliphatic heterocycles. The van der Waals surface area contributed by atoms with E-state index in [0.717, 1.165) is 42.8 Å². The summed E-state index contributed by atoms with van der Waals surface area (Å²) in [5, 5.41) is 23.4. The Morgan fingerprint density at radius 3 is 2.66 bits per heavy atom. The van der Waals surface area contributed by atoms with Gasteiger partial charge in [-0.2, -0.15) is 5.26 Å². The molecule has 0 spiro atoms. The smallest absolute Gasteiger partial charge is 0.160 e. The second kappa shape index (κ2) is 12.5. The number of allylic oxidation sites excluding steroid dienone is 3. The predicted molar refractivity (Wildman–Crippen MR) is 117 cm³/mol. The molecule has 0 saturated heterocycles. The third-order valence-electron chi connectivity index (χ3n) is 5.08. The van der Waals surface area contributed by atoms with Crippen molar-refractivity contribution in [3.05, 3.63) is 47.2 Å². The lowest BCUT2D eigenvalue weighted by Crippen LogP contribution is -2.26. The van der Waals surface area contributed by atoms with Crippen molar-refractivity contribution < 1.29 is 14.6 Å². The van der Waals surface area contributed by atoms with Crippen LogP contribution in [-0.2, 0) is 10.2 Å². The van der Waals surface area contributed by atoms with Crippen molar-refractivity contribution in [2.75, 3.05) is 27.3 Å². The molecule has 0 amide bonds. The van der Waals surface area contributed by atoms with Gasteiger partial charge in [0, 0.05) is 0 Å². The average molecular weight is 397 g/mol. The summed E-state index contributed by atoms with van der Waals surface area (Å²) in [6, 6.07) is 7.68. The molecular weight excluding hydrogens is 364 g/mol. The summed E-state index contributed by atoms with van der Waals surface area (Å²) < 4.78 is 10.3. The number of ether oxygens (including phenoxy) is 2. The molecule has 0 fully saturated rings. The first-order chi connectivity index (χ1) is 14.0. The number of benzene rings is 1. The van der Waals surface area contributed by atoms with Gasteiger partial charge in [-0.05, 0) is 81.1 Å². The van der Waals surface area contributed by atoms with Crippen LogP contribution in [0.25, 0.3) is 0 Å². The van der Waals surface area contributed by atoms with Crippen LogP contribution in [-0.4, -0.2) is 32.4 Å². The minimum atomic E-state index is -0.627. The van der Waals surface area contributed by atoms with Gasteiger partial charge in [-0.25, -0.2) is 0 Å². The summed E-state index contributed by atoms with van der Waals surface area (Å²) in [6.45, 7) is 5.47. The maximum Gasteiger partial charge on any atom is 0.160 e. The molecule has 0 aliphatic carbocycles. The molecule has 0 saturated carbocycles. The Hall–Kier alpha value is -2.89. The number of terminal acetylenes is 1. The summed E-state index contributed by atoms with van der Waals surface area (Å²) in [4.78, 5) is 0. The fourth-order valence-electron chi connectivity index (χ4n) is 3.20. The van der Waals surface area contributed by atoms with E-state index in [9.17, 15) is 10.4 Å². The predicted octanol–water partition coefficient (Wildman–Crippen LogP) is 4.44. The number of aromatic hydroxyl groups is 1. The molecule has 0 heterocycles. The van der Waals surface area contributed by atoms with Gasteiger partial charge in [0.15, 0.2) is 11.5 Å². The Bertz CT molecular complexity index is 799. The normalized spacial score (nSPS) is 13.9. The number of methoxy groups -OCH3 is 2. The van der Waals surface area contributed by atoms with Crippen molar-refractivity contribution >= 4 is 0 Å². The summed E-state index contributed by atoms with van der Waals surface area (Å²) in [6.07, 6.45) is 12.1.